The number of hydrogen-bond donors (Lipinski definition) is 1. The molecule has 0 saturated carbocycles. The fraction of sp³-hybridized carbons (Fsp3) is 0.111. The molecule has 0 aliphatic heterocycles. The minimum absolute atomic E-state index is 0.111. The Morgan fingerprint density at radius 2 is 1.78 bits per heavy atom. The third kappa shape index (κ3) is 3.45. The van der Waals surface area contributed by atoms with Crippen molar-refractivity contribution in [1.29, 1.82) is 0 Å². The van der Waals surface area contributed by atoms with Crippen LogP contribution in [0.4, 0.5) is 4.39 Å². The molecule has 0 bridgehead atoms. The maximum Gasteiger partial charge on any atom is 0.272 e. The van der Waals surface area contributed by atoms with Crippen LogP contribution in [-0.2, 0) is 0 Å². The minimum Gasteiger partial charge on any atom is -0.344 e. The molecule has 0 aliphatic carbocycles. The number of carbonyl (C=O) groups excluding carboxylic acids is 1. The van der Waals surface area contributed by atoms with E-state index in [1.165, 1.54) is 12.1 Å². The van der Waals surface area contributed by atoms with Crippen molar-refractivity contribution in [2.24, 2.45) is 0 Å². The van der Waals surface area contributed by atoms with Crippen LogP contribution in [-0.4, -0.2) is 15.7 Å². The maximum absolute atomic E-state index is 12.9. The van der Waals surface area contributed by atoms with Gasteiger partial charge in [0.05, 0.1) is 11.7 Å². The van der Waals surface area contributed by atoms with E-state index in [1.807, 2.05) is 37.3 Å². The Labute approximate surface area is 133 Å². The van der Waals surface area contributed by atoms with E-state index in [1.54, 1.807) is 29.1 Å². The highest BCUT2D eigenvalue weighted by Crippen LogP contribution is 2.13. The number of amides is 1. The quantitative estimate of drug-likeness (QED) is 0.802. The van der Waals surface area contributed by atoms with E-state index >= 15 is 0 Å². The number of carbonyl (C=O) groups is 1. The van der Waals surface area contributed by atoms with Crippen LogP contribution in [0.5, 0.6) is 0 Å². The number of hydrogen-bond acceptors (Lipinski definition) is 2. The lowest BCUT2D eigenvalue weighted by atomic mass is 10.1. The molecule has 0 aliphatic rings. The number of aromatic nitrogens is 2. The summed E-state index contributed by atoms with van der Waals surface area (Å²) in [5, 5.41) is 7.15. The van der Waals surface area contributed by atoms with E-state index in [0.29, 0.717) is 11.4 Å². The summed E-state index contributed by atoms with van der Waals surface area (Å²) in [5.74, 6) is -0.558. The highest BCUT2D eigenvalue weighted by atomic mass is 19.1. The van der Waals surface area contributed by atoms with Crippen molar-refractivity contribution in [2.75, 3.05) is 0 Å². The normalized spacial score (nSPS) is 11.9. The Morgan fingerprint density at radius 1 is 1.09 bits per heavy atom. The van der Waals surface area contributed by atoms with Crippen LogP contribution in [0.25, 0.3) is 5.69 Å². The van der Waals surface area contributed by atoms with E-state index in [4.69, 9.17) is 0 Å². The van der Waals surface area contributed by atoms with Gasteiger partial charge in [0, 0.05) is 6.20 Å². The minimum atomic E-state index is -0.310. The van der Waals surface area contributed by atoms with Crippen LogP contribution >= 0.6 is 0 Å². The highest BCUT2D eigenvalue weighted by Gasteiger charge is 2.14. The van der Waals surface area contributed by atoms with Gasteiger partial charge in [-0.1, -0.05) is 30.3 Å². The first-order valence-electron chi connectivity index (χ1n) is 7.31. The summed E-state index contributed by atoms with van der Waals surface area (Å²) in [6.07, 6.45) is 1.68. The van der Waals surface area contributed by atoms with E-state index in [2.05, 4.69) is 10.4 Å². The van der Waals surface area contributed by atoms with Gasteiger partial charge in [0.15, 0.2) is 5.69 Å². The Bertz CT molecular complexity index is 797. The van der Waals surface area contributed by atoms with Crippen LogP contribution < -0.4 is 5.32 Å². The van der Waals surface area contributed by atoms with Gasteiger partial charge in [0.25, 0.3) is 5.91 Å². The zero-order valence-corrected chi connectivity index (χ0v) is 12.6. The summed E-state index contributed by atoms with van der Waals surface area (Å²) in [6.45, 7) is 1.92. The Morgan fingerprint density at radius 3 is 2.48 bits per heavy atom. The number of rotatable bonds is 4. The van der Waals surface area contributed by atoms with Crippen LogP contribution in [0, 0.1) is 5.82 Å². The highest BCUT2D eigenvalue weighted by molar-refractivity contribution is 5.92. The second-order valence-electron chi connectivity index (χ2n) is 5.23. The van der Waals surface area contributed by atoms with Crippen LogP contribution in [0.3, 0.4) is 0 Å². The van der Waals surface area contributed by atoms with E-state index in [9.17, 15) is 9.18 Å². The van der Waals surface area contributed by atoms with Gasteiger partial charge in [0.2, 0.25) is 0 Å². The second kappa shape index (κ2) is 6.44. The standard InChI is InChI=1S/C18H16FN3O/c1-13(14-5-3-2-4-6-14)20-18(23)17-11-12-22(21-17)16-9-7-15(19)8-10-16/h2-13H,1H3,(H,20,23). The molecule has 4 nitrogen and oxygen atoms in total. The first kappa shape index (κ1) is 15.0. The molecule has 0 radical (unpaired) electrons. The molecule has 1 N–H and O–H groups in total. The molecule has 1 aromatic heterocycles. The zero-order valence-electron chi connectivity index (χ0n) is 12.6. The Balaban J connectivity index is 1.72. The number of nitrogens with one attached hydrogen (secondary N) is 1. The molecular weight excluding hydrogens is 293 g/mol. The van der Waals surface area contributed by atoms with Gasteiger partial charge in [-0.2, -0.15) is 5.10 Å². The molecule has 0 fully saturated rings. The molecule has 3 aromatic rings. The summed E-state index contributed by atoms with van der Waals surface area (Å²) in [4.78, 5) is 12.3. The summed E-state index contributed by atoms with van der Waals surface area (Å²) < 4.78 is 14.5. The molecular formula is C18H16FN3O. The van der Waals surface area contributed by atoms with Gasteiger partial charge < -0.3 is 5.32 Å². The monoisotopic (exact) mass is 309 g/mol. The fourth-order valence-corrected chi connectivity index (χ4v) is 2.28. The molecule has 1 heterocycles. The summed E-state index contributed by atoms with van der Waals surface area (Å²) in [5.41, 5.74) is 2.04. The van der Waals surface area contributed by atoms with Crippen molar-refractivity contribution < 1.29 is 9.18 Å². The average molecular weight is 309 g/mol. The molecule has 0 saturated heterocycles. The lowest BCUT2D eigenvalue weighted by molar-refractivity contribution is 0.0934. The van der Waals surface area contributed by atoms with E-state index < -0.39 is 0 Å². The van der Waals surface area contributed by atoms with Crippen LogP contribution in [0.15, 0.2) is 66.9 Å². The third-order valence-corrected chi connectivity index (χ3v) is 3.56. The summed E-state index contributed by atoms with van der Waals surface area (Å²) >= 11 is 0. The molecule has 1 atom stereocenters. The molecule has 1 unspecified atom stereocenters. The smallest absolute Gasteiger partial charge is 0.272 e. The first-order chi connectivity index (χ1) is 11.1. The Kier molecular flexibility index (Phi) is 4.19. The topological polar surface area (TPSA) is 46.9 Å². The van der Waals surface area contributed by atoms with Crippen LogP contribution in [0.1, 0.15) is 29.0 Å². The largest absolute Gasteiger partial charge is 0.344 e. The molecule has 116 valence electrons. The lowest BCUT2D eigenvalue weighted by Gasteiger charge is -2.13. The first-order valence-corrected chi connectivity index (χ1v) is 7.31. The second-order valence-corrected chi connectivity index (χ2v) is 5.23. The van der Waals surface area contributed by atoms with Gasteiger partial charge in [0.1, 0.15) is 5.82 Å². The molecule has 1 amide bonds. The van der Waals surface area contributed by atoms with Crippen molar-refractivity contribution in [3.8, 4) is 5.69 Å². The van der Waals surface area contributed by atoms with Gasteiger partial charge in [-0.25, -0.2) is 9.07 Å². The number of nitrogens with zero attached hydrogens (tertiary/aromatic N) is 2. The lowest BCUT2D eigenvalue weighted by Crippen LogP contribution is -2.27. The van der Waals surface area contributed by atoms with Gasteiger partial charge in [-0.3, -0.25) is 4.79 Å². The predicted molar refractivity (Wildman–Crippen MR) is 85.8 cm³/mol. The molecule has 3 rings (SSSR count). The summed E-state index contributed by atoms with van der Waals surface area (Å²) in [6, 6.07) is 17.2. The maximum atomic E-state index is 12.9. The Hall–Kier alpha value is -2.95. The van der Waals surface area contributed by atoms with Gasteiger partial charge in [-0.15, -0.1) is 0 Å². The third-order valence-electron chi connectivity index (χ3n) is 3.56. The molecule has 0 spiro atoms. The molecule has 23 heavy (non-hydrogen) atoms. The van der Waals surface area contributed by atoms with Crippen molar-refractivity contribution >= 4 is 5.91 Å². The van der Waals surface area contributed by atoms with Crippen molar-refractivity contribution in [3.63, 3.8) is 0 Å². The van der Waals surface area contributed by atoms with Gasteiger partial charge >= 0.3 is 0 Å². The van der Waals surface area contributed by atoms with Crippen molar-refractivity contribution in [2.45, 2.75) is 13.0 Å². The van der Waals surface area contributed by atoms with Gasteiger partial charge in [-0.05, 0) is 42.8 Å². The SMILES string of the molecule is CC(NC(=O)c1ccn(-c2ccc(F)cc2)n1)c1ccccc1. The van der Waals surface area contributed by atoms with E-state index in [-0.39, 0.29) is 17.8 Å². The molecule has 2 aromatic carbocycles. The average Bonchev–Trinajstić information content (AvgIpc) is 3.06. The number of halogens is 1. The van der Waals surface area contributed by atoms with Crippen molar-refractivity contribution in [1.82, 2.24) is 15.1 Å². The van der Waals surface area contributed by atoms with Crippen LogP contribution in [0.2, 0.25) is 0 Å². The fourth-order valence-electron chi connectivity index (χ4n) is 2.28. The van der Waals surface area contributed by atoms with E-state index in [0.717, 1.165) is 5.56 Å². The summed E-state index contributed by atoms with van der Waals surface area (Å²) in [7, 11) is 0. The predicted octanol–water partition coefficient (Wildman–Crippen LogP) is 3.50. The zero-order chi connectivity index (χ0) is 16.2. The molecule has 5 heteroatoms. The number of benzene rings is 2. The van der Waals surface area contributed by atoms with Crippen molar-refractivity contribution in [3.05, 3.63) is 83.9 Å².